The van der Waals surface area contributed by atoms with Gasteiger partial charge in [0.1, 0.15) is 0 Å². The third-order valence-corrected chi connectivity index (χ3v) is 2.84. The lowest BCUT2D eigenvalue weighted by Gasteiger charge is -2.07. The number of pyridine rings is 1. The molecule has 80 valence electrons. The quantitative estimate of drug-likeness (QED) is 0.771. The SMILES string of the molecule is Cl.c1nc2[nH]ncc2cc1C1CCNC1. The molecule has 1 atom stereocenters. The average molecular weight is 225 g/mol. The molecule has 4 nitrogen and oxygen atoms in total. The highest BCUT2D eigenvalue weighted by Crippen LogP contribution is 2.23. The van der Waals surface area contributed by atoms with Crippen molar-refractivity contribution in [1.29, 1.82) is 0 Å². The van der Waals surface area contributed by atoms with Crippen LogP contribution in [0.3, 0.4) is 0 Å². The van der Waals surface area contributed by atoms with E-state index in [1.165, 1.54) is 12.0 Å². The molecule has 1 saturated heterocycles. The van der Waals surface area contributed by atoms with Gasteiger partial charge in [-0.05, 0) is 30.5 Å². The molecule has 0 amide bonds. The Bertz CT molecular complexity index is 447. The molecule has 3 heterocycles. The maximum Gasteiger partial charge on any atom is 0.155 e. The van der Waals surface area contributed by atoms with Crippen molar-refractivity contribution in [2.24, 2.45) is 0 Å². The molecule has 2 N–H and O–H groups in total. The predicted molar refractivity (Wildman–Crippen MR) is 61.4 cm³/mol. The number of nitrogens with zero attached hydrogens (tertiary/aromatic N) is 2. The zero-order valence-electron chi connectivity index (χ0n) is 8.23. The predicted octanol–water partition coefficient (Wildman–Crippen LogP) is 1.46. The van der Waals surface area contributed by atoms with Crippen molar-refractivity contribution >= 4 is 23.4 Å². The van der Waals surface area contributed by atoms with Gasteiger partial charge in [0, 0.05) is 18.1 Å². The van der Waals surface area contributed by atoms with Gasteiger partial charge in [-0.1, -0.05) is 0 Å². The molecule has 1 aliphatic rings. The summed E-state index contributed by atoms with van der Waals surface area (Å²) in [4.78, 5) is 4.34. The molecule has 0 spiro atoms. The van der Waals surface area contributed by atoms with E-state index in [-0.39, 0.29) is 12.4 Å². The second-order valence-electron chi connectivity index (χ2n) is 3.77. The van der Waals surface area contributed by atoms with Gasteiger partial charge in [-0.2, -0.15) is 5.10 Å². The molecule has 2 aromatic rings. The average Bonchev–Trinajstić information content (AvgIpc) is 2.88. The van der Waals surface area contributed by atoms with Gasteiger partial charge in [0.15, 0.2) is 5.65 Å². The van der Waals surface area contributed by atoms with Gasteiger partial charge in [0.05, 0.1) is 6.20 Å². The fourth-order valence-corrected chi connectivity index (χ4v) is 2.02. The highest BCUT2D eigenvalue weighted by molar-refractivity contribution is 5.85. The zero-order valence-corrected chi connectivity index (χ0v) is 9.05. The van der Waals surface area contributed by atoms with E-state index in [1.807, 2.05) is 12.4 Å². The summed E-state index contributed by atoms with van der Waals surface area (Å²) in [7, 11) is 0. The Labute approximate surface area is 93.9 Å². The summed E-state index contributed by atoms with van der Waals surface area (Å²) in [5, 5.41) is 11.3. The fourth-order valence-electron chi connectivity index (χ4n) is 2.02. The minimum atomic E-state index is 0. The fraction of sp³-hybridized carbons (Fsp3) is 0.400. The molecule has 0 radical (unpaired) electrons. The number of rotatable bonds is 1. The summed E-state index contributed by atoms with van der Waals surface area (Å²) >= 11 is 0. The Kier molecular flexibility index (Phi) is 2.88. The molecule has 3 rings (SSSR count). The summed E-state index contributed by atoms with van der Waals surface area (Å²) in [6.07, 6.45) is 5.00. The molecule has 15 heavy (non-hydrogen) atoms. The summed E-state index contributed by atoms with van der Waals surface area (Å²) in [5.41, 5.74) is 2.20. The van der Waals surface area contributed by atoms with Gasteiger partial charge >= 0.3 is 0 Å². The number of fused-ring (bicyclic) bond motifs is 1. The Balaban J connectivity index is 0.000000853. The highest BCUT2D eigenvalue weighted by atomic mass is 35.5. The van der Waals surface area contributed by atoms with Crippen LogP contribution in [-0.4, -0.2) is 28.3 Å². The van der Waals surface area contributed by atoms with Gasteiger partial charge in [0.25, 0.3) is 0 Å². The second-order valence-corrected chi connectivity index (χ2v) is 3.77. The normalized spacial score (nSPS) is 20.4. The number of aromatic amines is 1. The molecule has 2 aromatic heterocycles. The van der Waals surface area contributed by atoms with Crippen LogP contribution in [0.5, 0.6) is 0 Å². The van der Waals surface area contributed by atoms with Crippen molar-refractivity contribution in [3.63, 3.8) is 0 Å². The monoisotopic (exact) mass is 224 g/mol. The summed E-state index contributed by atoms with van der Waals surface area (Å²) in [6, 6.07) is 2.18. The highest BCUT2D eigenvalue weighted by Gasteiger charge is 2.17. The third-order valence-electron chi connectivity index (χ3n) is 2.84. The second kappa shape index (κ2) is 4.16. The molecule has 5 heteroatoms. The third kappa shape index (κ3) is 1.82. The molecule has 1 aliphatic heterocycles. The van der Waals surface area contributed by atoms with Gasteiger partial charge in [0.2, 0.25) is 0 Å². The van der Waals surface area contributed by atoms with Crippen molar-refractivity contribution in [2.75, 3.05) is 13.1 Å². The first kappa shape index (κ1) is 10.4. The van der Waals surface area contributed by atoms with Gasteiger partial charge in [-0.25, -0.2) is 4.98 Å². The van der Waals surface area contributed by atoms with Gasteiger partial charge in [-0.3, -0.25) is 5.10 Å². The van der Waals surface area contributed by atoms with E-state index in [1.54, 1.807) is 0 Å². The van der Waals surface area contributed by atoms with Crippen LogP contribution in [0, 0.1) is 0 Å². The minimum Gasteiger partial charge on any atom is -0.316 e. The molecule has 0 aromatic carbocycles. The molecule has 0 aliphatic carbocycles. The van der Waals surface area contributed by atoms with E-state index in [9.17, 15) is 0 Å². The minimum absolute atomic E-state index is 0. The zero-order chi connectivity index (χ0) is 9.38. The van der Waals surface area contributed by atoms with Crippen LogP contribution in [0.2, 0.25) is 0 Å². The van der Waals surface area contributed by atoms with Crippen molar-refractivity contribution in [1.82, 2.24) is 20.5 Å². The Morgan fingerprint density at radius 2 is 2.27 bits per heavy atom. The van der Waals surface area contributed by atoms with Crippen LogP contribution in [0.25, 0.3) is 11.0 Å². The summed E-state index contributed by atoms with van der Waals surface area (Å²) in [6.45, 7) is 2.19. The first-order chi connectivity index (χ1) is 6.93. The van der Waals surface area contributed by atoms with Crippen molar-refractivity contribution in [2.45, 2.75) is 12.3 Å². The number of halogens is 1. The van der Waals surface area contributed by atoms with Crippen molar-refractivity contribution in [3.05, 3.63) is 24.0 Å². The first-order valence-corrected chi connectivity index (χ1v) is 4.93. The molecule has 1 unspecified atom stereocenters. The molecule has 1 fully saturated rings. The lowest BCUT2D eigenvalue weighted by molar-refractivity contribution is 0.761. The standard InChI is InChI=1S/C10H12N4.ClH/c1-2-11-4-7(1)8-3-9-6-13-14-10(9)12-5-8;/h3,5-7,11H,1-2,4H2,(H,12,13,14);1H. The Morgan fingerprint density at radius 3 is 3.07 bits per heavy atom. The Morgan fingerprint density at radius 1 is 1.33 bits per heavy atom. The van der Waals surface area contributed by atoms with E-state index in [2.05, 4.69) is 26.6 Å². The maximum atomic E-state index is 4.34. The number of hydrogen-bond donors (Lipinski definition) is 2. The first-order valence-electron chi connectivity index (χ1n) is 4.93. The van der Waals surface area contributed by atoms with E-state index >= 15 is 0 Å². The lowest BCUT2D eigenvalue weighted by Crippen LogP contribution is -2.08. The number of aromatic nitrogens is 3. The van der Waals surface area contributed by atoms with Gasteiger partial charge < -0.3 is 5.32 Å². The van der Waals surface area contributed by atoms with Crippen molar-refractivity contribution < 1.29 is 0 Å². The molecular weight excluding hydrogens is 212 g/mol. The van der Waals surface area contributed by atoms with Crippen LogP contribution in [-0.2, 0) is 0 Å². The van der Waals surface area contributed by atoms with Crippen LogP contribution in [0.15, 0.2) is 18.5 Å². The smallest absolute Gasteiger partial charge is 0.155 e. The lowest BCUT2D eigenvalue weighted by atomic mass is 10.00. The number of H-pyrrole nitrogens is 1. The number of nitrogens with one attached hydrogen (secondary N) is 2. The van der Waals surface area contributed by atoms with E-state index in [0.717, 1.165) is 24.1 Å². The summed E-state index contributed by atoms with van der Waals surface area (Å²) in [5.74, 6) is 0.627. The summed E-state index contributed by atoms with van der Waals surface area (Å²) < 4.78 is 0. The number of hydrogen-bond acceptors (Lipinski definition) is 3. The Hall–Kier alpha value is -1.13. The van der Waals surface area contributed by atoms with Crippen LogP contribution in [0.1, 0.15) is 17.9 Å². The molecule has 0 bridgehead atoms. The molecular formula is C10H13ClN4. The van der Waals surface area contributed by atoms with Crippen LogP contribution in [0.4, 0.5) is 0 Å². The largest absolute Gasteiger partial charge is 0.316 e. The van der Waals surface area contributed by atoms with E-state index in [4.69, 9.17) is 0 Å². The van der Waals surface area contributed by atoms with E-state index < -0.39 is 0 Å². The van der Waals surface area contributed by atoms with Gasteiger partial charge in [-0.15, -0.1) is 12.4 Å². The maximum absolute atomic E-state index is 4.34. The topological polar surface area (TPSA) is 53.6 Å². The van der Waals surface area contributed by atoms with E-state index in [0.29, 0.717) is 5.92 Å². The molecule has 0 saturated carbocycles. The van der Waals surface area contributed by atoms with Crippen LogP contribution < -0.4 is 5.32 Å². The van der Waals surface area contributed by atoms with Crippen LogP contribution >= 0.6 is 12.4 Å². The van der Waals surface area contributed by atoms with Crippen molar-refractivity contribution in [3.8, 4) is 0 Å².